The van der Waals surface area contributed by atoms with Gasteiger partial charge in [-0.1, -0.05) is 26.0 Å². The third-order valence-corrected chi connectivity index (χ3v) is 4.20. The number of rotatable bonds is 7. The molecule has 0 aliphatic carbocycles. The van der Waals surface area contributed by atoms with E-state index in [2.05, 4.69) is 19.2 Å². The number of nitrogens with two attached hydrogens (primary N) is 1. The van der Waals surface area contributed by atoms with Gasteiger partial charge in [0.15, 0.2) is 9.84 Å². The van der Waals surface area contributed by atoms with Crippen LogP contribution < -0.4 is 11.1 Å². The minimum atomic E-state index is -3.13. The number of hydrogen-bond donors (Lipinski definition) is 2. The average Bonchev–Trinajstić information content (AvgIpc) is 2.36. The number of hydrogen-bond acceptors (Lipinski definition) is 4. The molecule has 0 unspecified atom stereocenters. The monoisotopic (exact) mass is 326 g/mol. The predicted molar refractivity (Wildman–Crippen MR) is 89.4 cm³/mol. The highest BCUT2D eigenvalue weighted by Crippen LogP contribution is 2.17. The Morgan fingerprint density at radius 2 is 2.00 bits per heavy atom. The SMILES string of the molecule is CC(C)C[C@@](C)(CN)NC(=O)c1cccc(CS(C)(=O)=O)c1. The first-order valence-corrected chi connectivity index (χ1v) is 9.40. The smallest absolute Gasteiger partial charge is 0.251 e. The van der Waals surface area contributed by atoms with Gasteiger partial charge in [0.25, 0.3) is 5.91 Å². The van der Waals surface area contributed by atoms with E-state index in [4.69, 9.17) is 5.73 Å². The van der Waals surface area contributed by atoms with Crippen LogP contribution in [0, 0.1) is 5.92 Å². The van der Waals surface area contributed by atoms with Crippen molar-refractivity contribution < 1.29 is 13.2 Å². The lowest BCUT2D eigenvalue weighted by Crippen LogP contribution is -2.52. The molecule has 1 atom stereocenters. The fourth-order valence-corrected chi connectivity index (χ4v) is 3.32. The molecule has 3 N–H and O–H groups in total. The largest absolute Gasteiger partial charge is 0.346 e. The Bertz CT molecular complexity index is 626. The van der Waals surface area contributed by atoms with Crippen LogP contribution in [0.4, 0.5) is 0 Å². The highest BCUT2D eigenvalue weighted by Gasteiger charge is 2.26. The van der Waals surface area contributed by atoms with Gasteiger partial charge in [-0.05, 0) is 37.0 Å². The highest BCUT2D eigenvalue weighted by atomic mass is 32.2. The van der Waals surface area contributed by atoms with Crippen LogP contribution in [0.15, 0.2) is 24.3 Å². The van der Waals surface area contributed by atoms with E-state index in [1.807, 2.05) is 6.92 Å². The summed E-state index contributed by atoms with van der Waals surface area (Å²) in [5, 5.41) is 2.97. The van der Waals surface area contributed by atoms with E-state index in [0.717, 1.165) is 6.42 Å². The molecule has 0 aliphatic heterocycles. The Kier molecular flexibility index (Phi) is 6.14. The second kappa shape index (κ2) is 7.24. The minimum Gasteiger partial charge on any atom is -0.346 e. The van der Waals surface area contributed by atoms with Crippen molar-refractivity contribution in [2.75, 3.05) is 12.8 Å². The third kappa shape index (κ3) is 6.15. The molecule has 0 aromatic heterocycles. The summed E-state index contributed by atoms with van der Waals surface area (Å²) in [4.78, 5) is 12.4. The number of carbonyl (C=O) groups is 1. The summed E-state index contributed by atoms with van der Waals surface area (Å²) < 4.78 is 22.7. The van der Waals surface area contributed by atoms with Crippen LogP contribution in [0.2, 0.25) is 0 Å². The molecule has 1 aromatic carbocycles. The molecule has 124 valence electrons. The van der Waals surface area contributed by atoms with Crippen molar-refractivity contribution in [2.45, 2.75) is 38.5 Å². The predicted octanol–water partition coefficient (Wildman–Crippen LogP) is 1.72. The van der Waals surface area contributed by atoms with Crippen molar-refractivity contribution in [3.05, 3.63) is 35.4 Å². The van der Waals surface area contributed by atoms with Gasteiger partial charge in [0, 0.05) is 23.9 Å². The molecular weight excluding hydrogens is 300 g/mol. The van der Waals surface area contributed by atoms with Crippen molar-refractivity contribution >= 4 is 15.7 Å². The Morgan fingerprint density at radius 1 is 1.36 bits per heavy atom. The van der Waals surface area contributed by atoms with Gasteiger partial charge >= 0.3 is 0 Å². The summed E-state index contributed by atoms with van der Waals surface area (Å²) in [6.45, 7) is 6.42. The first-order valence-electron chi connectivity index (χ1n) is 7.34. The maximum absolute atomic E-state index is 12.4. The van der Waals surface area contributed by atoms with Crippen LogP contribution >= 0.6 is 0 Å². The Morgan fingerprint density at radius 3 is 2.50 bits per heavy atom. The van der Waals surface area contributed by atoms with Crippen LogP contribution in [0.5, 0.6) is 0 Å². The highest BCUT2D eigenvalue weighted by molar-refractivity contribution is 7.89. The molecule has 0 fully saturated rings. The lowest BCUT2D eigenvalue weighted by atomic mass is 9.90. The number of nitrogens with one attached hydrogen (secondary N) is 1. The lowest BCUT2D eigenvalue weighted by Gasteiger charge is -2.31. The Balaban J connectivity index is 2.91. The molecule has 0 saturated carbocycles. The van der Waals surface area contributed by atoms with E-state index < -0.39 is 15.4 Å². The minimum absolute atomic E-state index is 0.0751. The second-order valence-corrected chi connectivity index (χ2v) is 8.73. The average molecular weight is 326 g/mol. The second-order valence-electron chi connectivity index (χ2n) is 6.59. The van der Waals surface area contributed by atoms with E-state index in [0.29, 0.717) is 23.6 Å². The van der Waals surface area contributed by atoms with Gasteiger partial charge in [-0.15, -0.1) is 0 Å². The molecule has 22 heavy (non-hydrogen) atoms. The standard InChI is InChI=1S/C16H26N2O3S/c1-12(2)9-16(3,11-17)18-15(19)14-7-5-6-13(8-14)10-22(4,20)21/h5-8,12H,9-11,17H2,1-4H3,(H,18,19)/t16-/m0/s1. The van der Waals surface area contributed by atoms with Crippen molar-refractivity contribution in [1.29, 1.82) is 0 Å². The van der Waals surface area contributed by atoms with Gasteiger partial charge < -0.3 is 11.1 Å². The van der Waals surface area contributed by atoms with Gasteiger partial charge in [-0.25, -0.2) is 8.42 Å². The zero-order chi connectivity index (χ0) is 17.0. The summed E-state index contributed by atoms with van der Waals surface area (Å²) in [5.41, 5.74) is 6.38. The van der Waals surface area contributed by atoms with Gasteiger partial charge in [0.1, 0.15) is 0 Å². The zero-order valence-electron chi connectivity index (χ0n) is 13.7. The maximum Gasteiger partial charge on any atom is 0.251 e. The molecule has 1 rings (SSSR count). The van der Waals surface area contributed by atoms with Crippen molar-refractivity contribution in [3.63, 3.8) is 0 Å². The van der Waals surface area contributed by atoms with E-state index >= 15 is 0 Å². The normalized spacial score (nSPS) is 14.6. The molecule has 0 spiro atoms. The van der Waals surface area contributed by atoms with Crippen LogP contribution in [0.3, 0.4) is 0 Å². The molecule has 0 saturated heterocycles. The number of carbonyl (C=O) groups excluding carboxylic acids is 1. The van der Waals surface area contributed by atoms with Gasteiger partial charge in [-0.3, -0.25) is 4.79 Å². The zero-order valence-corrected chi connectivity index (χ0v) is 14.5. The first kappa shape index (κ1) is 18.6. The molecule has 0 bridgehead atoms. The summed E-state index contributed by atoms with van der Waals surface area (Å²) >= 11 is 0. The van der Waals surface area contributed by atoms with Crippen LogP contribution in [0.25, 0.3) is 0 Å². The van der Waals surface area contributed by atoms with Crippen LogP contribution in [-0.4, -0.2) is 32.7 Å². The number of benzene rings is 1. The van der Waals surface area contributed by atoms with Gasteiger partial charge in [0.05, 0.1) is 5.75 Å². The molecule has 6 heteroatoms. The third-order valence-electron chi connectivity index (χ3n) is 3.34. The van der Waals surface area contributed by atoms with Gasteiger partial charge in [0.2, 0.25) is 0 Å². The lowest BCUT2D eigenvalue weighted by molar-refractivity contribution is 0.0898. The molecule has 1 aromatic rings. The van der Waals surface area contributed by atoms with Crippen molar-refractivity contribution in [3.8, 4) is 0 Å². The Labute approximate surface area is 133 Å². The fraction of sp³-hybridized carbons (Fsp3) is 0.562. The van der Waals surface area contributed by atoms with Gasteiger partial charge in [-0.2, -0.15) is 0 Å². The molecule has 0 heterocycles. The number of amides is 1. The van der Waals surface area contributed by atoms with E-state index in [9.17, 15) is 13.2 Å². The maximum atomic E-state index is 12.4. The summed E-state index contributed by atoms with van der Waals surface area (Å²) in [7, 11) is -3.13. The Hall–Kier alpha value is -1.40. The van der Waals surface area contributed by atoms with Crippen molar-refractivity contribution in [2.24, 2.45) is 11.7 Å². The van der Waals surface area contributed by atoms with Crippen molar-refractivity contribution in [1.82, 2.24) is 5.32 Å². The topological polar surface area (TPSA) is 89.3 Å². The van der Waals surface area contributed by atoms with E-state index in [1.54, 1.807) is 24.3 Å². The number of sulfone groups is 1. The summed E-state index contributed by atoms with van der Waals surface area (Å²) in [6, 6.07) is 6.68. The molecule has 1 amide bonds. The fourth-order valence-electron chi connectivity index (χ4n) is 2.54. The molecule has 5 nitrogen and oxygen atoms in total. The van der Waals surface area contributed by atoms with E-state index in [1.165, 1.54) is 6.26 Å². The summed E-state index contributed by atoms with van der Waals surface area (Å²) in [6.07, 6.45) is 1.95. The first-order chi connectivity index (χ1) is 10.0. The quantitative estimate of drug-likeness (QED) is 0.798. The van der Waals surface area contributed by atoms with Crippen LogP contribution in [0.1, 0.15) is 43.1 Å². The molecule has 0 aliphatic rings. The van der Waals surface area contributed by atoms with Crippen LogP contribution in [-0.2, 0) is 15.6 Å². The molecule has 0 radical (unpaired) electrons. The van der Waals surface area contributed by atoms with E-state index in [-0.39, 0.29) is 11.7 Å². The summed E-state index contributed by atoms with van der Waals surface area (Å²) in [5.74, 6) is 0.100. The molecular formula is C16H26N2O3S.